The summed E-state index contributed by atoms with van der Waals surface area (Å²) in [6.45, 7) is 10.2. The number of nitrogens with two attached hydrogens (primary N) is 1. The van der Waals surface area contributed by atoms with Gasteiger partial charge in [0.1, 0.15) is 12.1 Å². The van der Waals surface area contributed by atoms with Crippen LogP contribution in [0.3, 0.4) is 0 Å². The number of hydrogen-bond acceptors (Lipinski definition) is 6. The van der Waals surface area contributed by atoms with Crippen LogP contribution in [0.5, 0.6) is 0 Å². The molecule has 41 heavy (non-hydrogen) atoms. The summed E-state index contributed by atoms with van der Waals surface area (Å²) in [6, 6.07) is -1.61. The smallest absolute Gasteiger partial charge is 0.404 e. The highest BCUT2D eigenvalue weighted by Crippen LogP contribution is 2.65. The third-order valence-electron chi connectivity index (χ3n) is 9.64. The van der Waals surface area contributed by atoms with Gasteiger partial charge >= 0.3 is 7.12 Å². The van der Waals surface area contributed by atoms with Crippen molar-refractivity contribution < 1.29 is 23.7 Å². The average molecular weight is 571 g/mol. The van der Waals surface area contributed by atoms with Crippen LogP contribution >= 0.6 is 0 Å². The van der Waals surface area contributed by atoms with Crippen molar-refractivity contribution >= 4 is 30.8 Å². The van der Waals surface area contributed by atoms with Crippen molar-refractivity contribution in [3.8, 4) is 0 Å². The Balaban J connectivity index is 1.50. The molecule has 1 heterocycles. The quantitative estimate of drug-likeness (QED) is 0.0898. The van der Waals surface area contributed by atoms with Crippen molar-refractivity contribution in [2.45, 2.75) is 109 Å². The fourth-order valence-corrected chi connectivity index (χ4v) is 7.14. The summed E-state index contributed by atoms with van der Waals surface area (Å²) in [7, 11) is -0.632. The molecule has 1 saturated heterocycles. The number of amides is 3. The topological polar surface area (TPSA) is 168 Å². The number of rotatable bonds is 12. The molecule has 7 N–H and O–H groups in total. The summed E-state index contributed by atoms with van der Waals surface area (Å²) in [5.41, 5.74) is 6.29. The Morgan fingerprint density at radius 1 is 1.17 bits per heavy atom. The minimum Gasteiger partial charge on any atom is -0.404 e. The van der Waals surface area contributed by atoms with Gasteiger partial charge in [0.05, 0.1) is 17.6 Å². The van der Waals surface area contributed by atoms with E-state index in [1.807, 2.05) is 12.2 Å². The molecule has 4 aliphatic carbocycles. The fourth-order valence-electron chi connectivity index (χ4n) is 7.14. The Labute approximate surface area is 243 Å². The van der Waals surface area contributed by atoms with Crippen molar-refractivity contribution in [2.75, 3.05) is 6.54 Å². The molecule has 5 aliphatic rings. The van der Waals surface area contributed by atoms with Gasteiger partial charge in [-0.05, 0) is 76.0 Å². The normalized spacial score (nSPS) is 29.6. The number of carbonyl (C=O) groups is 3. The first-order valence-corrected chi connectivity index (χ1v) is 14.9. The van der Waals surface area contributed by atoms with Crippen LogP contribution < -0.4 is 27.0 Å². The summed E-state index contributed by atoms with van der Waals surface area (Å²) < 4.78 is 13.2. The van der Waals surface area contributed by atoms with Gasteiger partial charge in [-0.15, -0.1) is 0 Å². The lowest BCUT2D eigenvalue weighted by molar-refractivity contribution is -0.199. The SMILES string of the molecule is CC(=O)N[C@@H](C)C(=O)N[C@@H](CC1=CC=CCC1)C(=O)N[C@@H](CCCNC(=N)N)B1OC2C[C@@H]3C[C@@H](C3(C)C)[C@]2(C)O1. The molecule has 12 heteroatoms. The maximum atomic E-state index is 13.8. The highest BCUT2D eigenvalue weighted by atomic mass is 16.7. The first kappa shape index (κ1) is 31.1. The molecule has 11 nitrogen and oxygen atoms in total. The zero-order valence-corrected chi connectivity index (χ0v) is 25.0. The van der Waals surface area contributed by atoms with E-state index in [0.717, 1.165) is 31.3 Å². The molecule has 5 rings (SSSR count). The third-order valence-corrected chi connectivity index (χ3v) is 9.64. The van der Waals surface area contributed by atoms with E-state index in [2.05, 4.69) is 48.1 Å². The van der Waals surface area contributed by atoms with E-state index in [4.69, 9.17) is 20.5 Å². The van der Waals surface area contributed by atoms with Crippen molar-refractivity contribution in [1.82, 2.24) is 21.3 Å². The van der Waals surface area contributed by atoms with Gasteiger partial charge in [0.15, 0.2) is 5.96 Å². The summed E-state index contributed by atoms with van der Waals surface area (Å²) in [5.74, 6) is -0.665. The molecule has 0 aromatic heterocycles. The lowest BCUT2D eigenvalue weighted by Crippen LogP contribution is -2.65. The van der Waals surface area contributed by atoms with Crippen LogP contribution in [0, 0.1) is 22.7 Å². The van der Waals surface area contributed by atoms with Gasteiger partial charge in [0.2, 0.25) is 17.7 Å². The minimum absolute atomic E-state index is 0.0350. The van der Waals surface area contributed by atoms with E-state index >= 15 is 0 Å². The van der Waals surface area contributed by atoms with Gasteiger partial charge in [0, 0.05) is 13.5 Å². The van der Waals surface area contributed by atoms with Crippen molar-refractivity contribution in [3.63, 3.8) is 0 Å². The van der Waals surface area contributed by atoms with Crippen molar-refractivity contribution in [1.29, 1.82) is 5.41 Å². The Kier molecular flexibility index (Phi) is 9.53. The average Bonchev–Trinajstić information content (AvgIpc) is 3.27. The molecule has 0 aromatic carbocycles. The maximum Gasteiger partial charge on any atom is 0.481 e. The number of guanidine groups is 1. The largest absolute Gasteiger partial charge is 0.481 e. The number of carbonyl (C=O) groups excluding carboxylic acids is 3. The van der Waals surface area contributed by atoms with E-state index in [1.165, 1.54) is 6.92 Å². The minimum atomic E-state index is -0.833. The number of allylic oxidation sites excluding steroid dienone is 3. The van der Waals surface area contributed by atoms with E-state index in [0.29, 0.717) is 37.6 Å². The molecular weight excluding hydrogens is 523 g/mol. The van der Waals surface area contributed by atoms with Crippen LogP contribution in [-0.4, -0.2) is 67.1 Å². The Morgan fingerprint density at radius 3 is 2.56 bits per heavy atom. The molecule has 1 unspecified atom stereocenters. The molecule has 3 saturated carbocycles. The van der Waals surface area contributed by atoms with Crippen LogP contribution in [-0.2, 0) is 23.7 Å². The Morgan fingerprint density at radius 2 is 1.93 bits per heavy atom. The van der Waals surface area contributed by atoms with Gasteiger partial charge in [-0.2, -0.15) is 0 Å². The first-order valence-electron chi connectivity index (χ1n) is 14.9. The lowest BCUT2D eigenvalue weighted by Gasteiger charge is -2.64. The lowest BCUT2D eigenvalue weighted by atomic mass is 9.43. The molecule has 1 aliphatic heterocycles. The highest BCUT2D eigenvalue weighted by molar-refractivity contribution is 6.47. The maximum absolute atomic E-state index is 13.8. The molecular formula is C29H47BN6O5. The van der Waals surface area contributed by atoms with E-state index in [9.17, 15) is 14.4 Å². The van der Waals surface area contributed by atoms with E-state index in [1.54, 1.807) is 6.92 Å². The molecule has 2 bridgehead atoms. The monoisotopic (exact) mass is 570 g/mol. The van der Waals surface area contributed by atoms with Gasteiger partial charge in [-0.3, -0.25) is 19.8 Å². The first-order chi connectivity index (χ1) is 19.3. The van der Waals surface area contributed by atoms with Crippen LogP contribution in [0.15, 0.2) is 23.8 Å². The summed E-state index contributed by atoms with van der Waals surface area (Å²) in [6.07, 6.45) is 11.3. The van der Waals surface area contributed by atoms with E-state index in [-0.39, 0.29) is 29.3 Å². The van der Waals surface area contributed by atoms with Crippen LogP contribution in [0.1, 0.15) is 79.6 Å². The van der Waals surface area contributed by atoms with Crippen LogP contribution in [0.4, 0.5) is 0 Å². The van der Waals surface area contributed by atoms with Gasteiger partial charge in [0.25, 0.3) is 0 Å². The van der Waals surface area contributed by atoms with Crippen molar-refractivity contribution in [3.05, 3.63) is 23.8 Å². The second-order valence-electron chi connectivity index (χ2n) is 12.9. The Bertz CT molecular complexity index is 1100. The standard InChI is InChI=1S/C29H47BN6O5/c1-17(34-18(2)37)25(38)35-21(14-19-10-7-6-8-11-19)26(39)36-24(12-9-13-33-27(31)32)30-40-23-16-20-15-22(28(20,3)4)29(23,5)41-30/h6-7,10,17,20-24H,8-9,11-16H2,1-5H3,(H,34,37)(H,35,38)(H,36,39)(H4,31,32,33)/t17-,20-,21-,22-,23?,24-,29-/m0/s1. The van der Waals surface area contributed by atoms with E-state index < -0.39 is 36.7 Å². The summed E-state index contributed by atoms with van der Waals surface area (Å²) >= 11 is 0. The molecule has 226 valence electrons. The predicted molar refractivity (Wildman–Crippen MR) is 157 cm³/mol. The molecule has 0 spiro atoms. The zero-order valence-electron chi connectivity index (χ0n) is 25.0. The molecule has 4 fully saturated rings. The molecule has 0 radical (unpaired) electrons. The molecule has 3 amide bonds. The summed E-state index contributed by atoms with van der Waals surface area (Å²) in [4.78, 5) is 38.3. The second kappa shape index (κ2) is 12.6. The fraction of sp³-hybridized carbons (Fsp3) is 0.724. The van der Waals surface area contributed by atoms with Crippen molar-refractivity contribution in [2.24, 2.45) is 23.0 Å². The number of nitrogens with one attached hydrogen (secondary N) is 5. The Hall–Kier alpha value is -2.86. The third kappa shape index (κ3) is 6.97. The van der Waals surface area contributed by atoms with Gasteiger partial charge in [-0.1, -0.05) is 37.6 Å². The number of hydrogen-bond donors (Lipinski definition) is 6. The second-order valence-corrected chi connectivity index (χ2v) is 12.9. The molecule has 7 atom stereocenters. The molecule has 0 aromatic rings. The van der Waals surface area contributed by atoms with Gasteiger partial charge in [-0.25, -0.2) is 0 Å². The zero-order chi connectivity index (χ0) is 29.9. The highest BCUT2D eigenvalue weighted by Gasteiger charge is 2.68. The van der Waals surface area contributed by atoms with Crippen LogP contribution in [0.25, 0.3) is 0 Å². The van der Waals surface area contributed by atoms with Crippen LogP contribution in [0.2, 0.25) is 0 Å². The van der Waals surface area contributed by atoms with Gasteiger partial charge < -0.3 is 36.3 Å². The predicted octanol–water partition coefficient (Wildman–Crippen LogP) is 1.68. The summed E-state index contributed by atoms with van der Waals surface area (Å²) in [5, 5.41) is 18.9.